The number of esters is 12. The molecule has 0 saturated carbocycles. The Hall–Kier alpha value is -6.58. The summed E-state index contributed by atoms with van der Waals surface area (Å²) in [7, 11) is 2.28. The van der Waals surface area contributed by atoms with Gasteiger partial charge in [0.2, 0.25) is 0 Å². The van der Waals surface area contributed by atoms with Crippen molar-refractivity contribution in [2.45, 2.75) is 151 Å². The third-order valence-electron chi connectivity index (χ3n) is 10.8. The van der Waals surface area contributed by atoms with E-state index in [1.165, 1.54) is 6.92 Å². The van der Waals surface area contributed by atoms with Crippen molar-refractivity contribution in [3.05, 3.63) is 21.8 Å². The van der Waals surface area contributed by atoms with Crippen LogP contribution < -0.4 is 4.90 Å². The van der Waals surface area contributed by atoms with Crippen LogP contribution in [0.3, 0.4) is 0 Å². The smallest absolute Gasteiger partial charge is 0.332 e. The van der Waals surface area contributed by atoms with Gasteiger partial charge in [-0.2, -0.15) is 0 Å². The Bertz CT molecular complexity index is 2640. The Labute approximate surface area is 547 Å². The molecule has 34 heteroatoms. The molecule has 1 aromatic rings. The van der Waals surface area contributed by atoms with E-state index in [-0.39, 0.29) is 23.0 Å². The van der Waals surface area contributed by atoms with Crippen molar-refractivity contribution in [1.82, 2.24) is 9.80 Å². The number of hydrogen-bond acceptors (Lipinski definition) is 28. The fourth-order valence-corrected chi connectivity index (χ4v) is 12.6. The minimum Gasteiger partial charge on any atom is -0.465 e. The summed E-state index contributed by atoms with van der Waals surface area (Å²) >= 11 is 4.93. The first-order chi connectivity index (χ1) is 40.6. The average Bonchev–Trinajstić information content (AvgIpc) is 1.62. The zero-order valence-corrected chi connectivity index (χ0v) is 57.7. The van der Waals surface area contributed by atoms with Crippen LogP contribution in [0.2, 0.25) is 0 Å². The number of likely N-dealkylation sites (N-methyl/N-ethyl adjacent to an activating group) is 2. The fourth-order valence-electron chi connectivity index (χ4n) is 7.89. The number of benzene rings is 1. The predicted molar refractivity (Wildman–Crippen MR) is 322 cm³/mol. The average molecular weight is 1590 g/mol. The van der Waals surface area contributed by atoms with Gasteiger partial charge in [-0.1, -0.05) is 0 Å². The van der Waals surface area contributed by atoms with Crippen molar-refractivity contribution in [2.75, 3.05) is 71.7 Å². The van der Waals surface area contributed by atoms with Gasteiger partial charge in [0.15, 0.2) is 48.8 Å². The lowest BCUT2D eigenvalue weighted by molar-refractivity contribution is -0.203. The Morgan fingerprint density at radius 2 is 0.739 bits per heavy atom. The van der Waals surface area contributed by atoms with Gasteiger partial charge in [0.25, 0.3) is 17.7 Å². The minimum absolute atomic E-state index is 0.178. The molecule has 88 heavy (non-hydrogen) atoms. The molecule has 0 aliphatic carbocycles. The van der Waals surface area contributed by atoms with Gasteiger partial charge in [-0.25, -0.2) is 4.79 Å². The summed E-state index contributed by atoms with van der Waals surface area (Å²) in [5, 5.41) is 0. The summed E-state index contributed by atoms with van der Waals surface area (Å²) in [5.41, 5.74) is -2.20. The molecule has 0 fully saturated rings. The zero-order chi connectivity index (χ0) is 67.8. The monoisotopic (exact) mass is 1590 g/mol. The van der Waals surface area contributed by atoms with E-state index in [1.807, 2.05) is 0 Å². The topological polar surface area (TPSA) is 386 Å². The number of rotatable bonds is 32. The van der Waals surface area contributed by atoms with Gasteiger partial charge in [-0.05, 0) is 95.5 Å². The van der Waals surface area contributed by atoms with E-state index in [1.54, 1.807) is 88.5 Å². The number of carbonyl (C=O) groups excluding carboxylic acids is 15. The van der Waals surface area contributed by atoms with Crippen molar-refractivity contribution in [1.29, 1.82) is 0 Å². The molecule has 3 amide bonds. The number of nitrogens with zero attached hydrogens (tertiary/aromatic N) is 3. The summed E-state index contributed by atoms with van der Waals surface area (Å²) in [5.74, 6) is -15.4. The largest absolute Gasteiger partial charge is 0.465 e. The Morgan fingerprint density at radius 3 is 1.03 bits per heavy atom. The molecule has 1 aromatic carbocycles. The SMILES string of the molecule is CCOC(=O)CN(C(=O)COCC(=O)OC(C)(C)C)c1c(I)c(C(=O)N(C)CC(OC(C)=O)C(OC(C)=O)C(OC(C)=O)C(COC(C)=O)OC(C)=O)c(I)c(C(=O)N(C)CC(OC(C)=O)C(OC(C)=O)C(OC(C)=O)C(COC(C)=O)OC(C)=O)c1I. The van der Waals surface area contributed by atoms with Crippen LogP contribution in [0.4, 0.5) is 5.69 Å². The van der Waals surface area contributed by atoms with Gasteiger partial charge >= 0.3 is 71.6 Å². The fraction of sp³-hybridized carbons (Fsp3) is 0.611. The van der Waals surface area contributed by atoms with E-state index in [2.05, 4.69) is 0 Å². The lowest BCUT2D eigenvalue weighted by atomic mass is 10.00. The number of ether oxygens (including phenoxy) is 13. The van der Waals surface area contributed by atoms with Crippen molar-refractivity contribution in [3.8, 4) is 0 Å². The maximum absolute atomic E-state index is 15.5. The van der Waals surface area contributed by atoms with E-state index >= 15 is 9.59 Å². The summed E-state index contributed by atoms with van der Waals surface area (Å²) in [6.45, 7) is 9.51. The molecule has 0 aliphatic heterocycles. The zero-order valence-electron chi connectivity index (χ0n) is 51.2. The second-order valence-corrected chi connectivity index (χ2v) is 23.0. The standard InChI is InChI=1S/C54H72I3N3O28/c1-17-77-40(72)20-60(39(71)23-76-24-41(73)88-54(12,13)14)47-45(56)42(52(74)58(15)18-35(80-27(4)63)48(84-31(8)67)50(86-33(10)69)37(82-29(6)65)21-78-25(2)61)44(55)43(46(47)57)53(75)59(16)19-36(81-28(5)64)49(85-32(9)68)51(87-34(11)70)38(83-30(7)66)22-79-26(3)62/h35-38,48-51H,17-24H2,1-16H3. The van der Waals surface area contributed by atoms with Gasteiger partial charge in [0, 0.05) is 86.9 Å². The van der Waals surface area contributed by atoms with Gasteiger partial charge in [0.1, 0.15) is 38.6 Å². The lowest BCUT2D eigenvalue weighted by Crippen LogP contribution is -2.56. The van der Waals surface area contributed by atoms with Crippen LogP contribution in [-0.4, -0.2) is 220 Å². The Balaban J connectivity index is 4.71. The van der Waals surface area contributed by atoms with E-state index in [9.17, 15) is 62.3 Å². The lowest BCUT2D eigenvalue weighted by Gasteiger charge is -2.37. The Morgan fingerprint density at radius 1 is 0.420 bits per heavy atom. The first-order valence-corrected chi connectivity index (χ1v) is 29.5. The minimum atomic E-state index is -1.98. The second kappa shape index (κ2) is 37.4. The highest BCUT2D eigenvalue weighted by Crippen LogP contribution is 2.40. The van der Waals surface area contributed by atoms with Crippen LogP contribution in [0.25, 0.3) is 0 Å². The molecule has 8 atom stereocenters. The first kappa shape index (κ1) is 79.4. The Kier molecular flexibility index (Phi) is 33.8. The van der Waals surface area contributed by atoms with Crippen LogP contribution in [0.1, 0.15) is 118 Å². The third-order valence-corrected chi connectivity index (χ3v) is 14.0. The van der Waals surface area contributed by atoms with Gasteiger partial charge < -0.3 is 71.4 Å². The van der Waals surface area contributed by atoms with E-state index < -0.39 is 201 Å². The molecule has 31 nitrogen and oxygen atoms in total. The van der Waals surface area contributed by atoms with Gasteiger partial charge in [-0.15, -0.1) is 0 Å². The van der Waals surface area contributed by atoms with Crippen LogP contribution in [0, 0.1) is 10.7 Å². The highest BCUT2D eigenvalue weighted by Gasteiger charge is 2.47. The number of halogens is 3. The predicted octanol–water partition coefficient (Wildman–Crippen LogP) is 2.48. The summed E-state index contributed by atoms with van der Waals surface area (Å²) in [6, 6.07) is 0. The van der Waals surface area contributed by atoms with E-state index in [0.29, 0.717) is 0 Å². The van der Waals surface area contributed by atoms with Crippen LogP contribution in [0.15, 0.2) is 0 Å². The number of amides is 3. The van der Waals surface area contributed by atoms with Crippen LogP contribution in [0.5, 0.6) is 0 Å². The molecule has 0 aromatic heterocycles. The van der Waals surface area contributed by atoms with E-state index in [4.69, 9.17) is 61.6 Å². The van der Waals surface area contributed by atoms with Gasteiger partial charge in [-0.3, -0.25) is 72.0 Å². The van der Waals surface area contributed by atoms with Crippen molar-refractivity contribution in [2.24, 2.45) is 0 Å². The van der Waals surface area contributed by atoms with Crippen molar-refractivity contribution >= 4 is 163 Å². The summed E-state index contributed by atoms with van der Waals surface area (Å²) < 4.78 is 69.6. The molecule has 0 bridgehead atoms. The molecule has 492 valence electrons. The second-order valence-electron chi connectivity index (χ2n) is 19.8. The molecule has 0 saturated heterocycles. The number of carbonyl (C=O) groups is 15. The highest BCUT2D eigenvalue weighted by molar-refractivity contribution is 14.1. The van der Waals surface area contributed by atoms with Gasteiger partial charge in [0.05, 0.1) is 43.7 Å². The molecule has 0 aliphatic rings. The molecule has 0 heterocycles. The van der Waals surface area contributed by atoms with E-state index in [0.717, 1.165) is 98.0 Å². The van der Waals surface area contributed by atoms with Crippen molar-refractivity contribution in [3.63, 3.8) is 0 Å². The molecular weight excluding hydrogens is 1520 g/mol. The number of hydrogen-bond donors (Lipinski definition) is 0. The summed E-state index contributed by atoms with van der Waals surface area (Å²) in [6.07, 6.45) is -15.1. The van der Waals surface area contributed by atoms with Crippen molar-refractivity contribution < 1.29 is 133 Å². The molecule has 1 rings (SSSR count). The van der Waals surface area contributed by atoms with Crippen LogP contribution in [-0.2, 0) is 124 Å². The summed E-state index contributed by atoms with van der Waals surface area (Å²) in [4.78, 5) is 200. The normalized spacial score (nSPS) is 13.7. The maximum Gasteiger partial charge on any atom is 0.332 e. The number of anilines is 1. The quantitative estimate of drug-likeness (QED) is 0.0568. The highest BCUT2D eigenvalue weighted by atomic mass is 127. The molecule has 0 N–H and O–H groups in total. The molecular formula is C54H72I3N3O28. The first-order valence-electron chi connectivity index (χ1n) is 26.2. The molecule has 0 radical (unpaired) electrons. The molecule has 8 unspecified atom stereocenters. The maximum atomic E-state index is 15.5. The van der Waals surface area contributed by atoms with Crippen LogP contribution >= 0.6 is 67.8 Å². The third kappa shape index (κ3) is 27.4. The molecule has 0 spiro atoms.